The Morgan fingerprint density at radius 1 is 0.781 bits per heavy atom. The first-order valence-corrected chi connectivity index (χ1v) is 11.0. The molecule has 2 unspecified atom stereocenters. The highest BCUT2D eigenvalue weighted by molar-refractivity contribution is 5.79. The molecule has 5 nitrogen and oxygen atoms in total. The topological polar surface area (TPSA) is 61.4 Å². The monoisotopic (exact) mass is 429 g/mol. The molecule has 3 rings (SSSR count). The molecule has 0 aromatic heterocycles. The van der Waals surface area contributed by atoms with Gasteiger partial charge in [-0.05, 0) is 30.5 Å². The fourth-order valence-corrected chi connectivity index (χ4v) is 3.62. The summed E-state index contributed by atoms with van der Waals surface area (Å²) >= 11 is 0. The maximum atomic E-state index is 13.1. The number of nitrogens with one attached hydrogen (secondary N) is 2. The van der Waals surface area contributed by atoms with Gasteiger partial charge in [-0.25, -0.2) is 4.79 Å². The average molecular weight is 430 g/mol. The molecule has 2 atom stereocenters. The number of carbonyl (C=O) groups excluding carboxylic acids is 2. The number of nitrogens with zero attached hydrogens (tertiary/aromatic N) is 1. The number of hydrogen-bond donors (Lipinski definition) is 2. The van der Waals surface area contributed by atoms with E-state index in [1.165, 1.54) is 0 Å². The SMILES string of the molecule is CC(NC(=O)CCN(C(=O)NCc1ccccc1)C(C)c1ccccc1)c1ccccc1. The summed E-state index contributed by atoms with van der Waals surface area (Å²) in [6, 6.07) is 29.1. The third kappa shape index (κ3) is 6.71. The molecular formula is C27H31N3O2. The molecule has 0 bridgehead atoms. The third-order valence-electron chi connectivity index (χ3n) is 5.55. The molecule has 0 aliphatic rings. The number of urea groups is 1. The highest BCUT2D eigenvalue weighted by Gasteiger charge is 2.22. The van der Waals surface area contributed by atoms with Gasteiger partial charge in [0.15, 0.2) is 0 Å². The fraction of sp³-hybridized carbons (Fsp3) is 0.259. The number of carbonyl (C=O) groups is 2. The molecule has 3 aromatic rings. The van der Waals surface area contributed by atoms with Crippen LogP contribution in [0, 0.1) is 0 Å². The van der Waals surface area contributed by atoms with Crippen LogP contribution < -0.4 is 10.6 Å². The summed E-state index contributed by atoms with van der Waals surface area (Å²) in [5.74, 6) is -0.0810. The van der Waals surface area contributed by atoms with Gasteiger partial charge in [0.1, 0.15) is 0 Å². The van der Waals surface area contributed by atoms with Crippen LogP contribution in [0.2, 0.25) is 0 Å². The molecule has 0 saturated heterocycles. The predicted molar refractivity (Wildman–Crippen MR) is 128 cm³/mol. The normalized spacial score (nSPS) is 12.4. The molecule has 0 fully saturated rings. The molecule has 5 heteroatoms. The first-order chi connectivity index (χ1) is 15.5. The molecule has 32 heavy (non-hydrogen) atoms. The van der Waals surface area contributed by atoms with Gasteiger partial charge in [-0.3, -0.25) is 4.79 Å². The zero-order chi connectivity index (χ0) is 22.8. The minimum atomic E-state index is -0.186. The van der Waals surface area contributed by atoms with Gasteiger partial charge in [0.25, 0.3) is 0 Å². The lowest BCUT2D eigenvalue weighted by molar-refractivity contribution is -0.122. The summed E-state index contributed by atoms with van der Waals surface area (Å²) < 4.78 is 0. The molecule has 0 heterocycles. The Labute approximate surface area is 190 Å². The molecule has 0 aliphatic heterocycles. The van der Waals surface area contributed by atoms with Crippen molar-refractivity contribution >= 4 is 11.9 Å². The molecule has 3 amide bonds. The van der Waals surface area contributed by atoms with Crippen LogP contribution in [0.3, 0.4) is 0 Å². The van der Waals surface area contributed by atoms with Crippen molar-refractivity contribution in [1.29, 1.82) is 0 Å². The second kappa shape index (κ2) is 11.7. The standard InChI is InChI=1S/C27H31N3O2/c1-21(24-14-8-4-9-15-24)29-26(31)18-19-30(22(2)25-16-10-5-11-17-25)27(32)28-20-23-12-6-3-7-13-23/h3-17,21-22H,18-20H2,1-2H3,(H,28,32)(H,29,31). The quantitative estimate of drug-likeness (QED) is 0.489. The first-order valence-electron chi connectivity index (χ1n) is 11.0. The van der Waals surface area contributed by atoms with Crippen LogP contribution in [0.4, 0.5) is 4.79 Å². The summed E-state index contributed by atoms with van der Waals surface area (Å²) in [7, 11) is 0. The van der Waals surface area contributed by atoms with Crippen molar-refractivity contribution in [3.05, 3.63) is 108 Å². The molecule has 3 aromatic carbocycles. The Hall–Kier alpha value is -3.60. The fourth-order valence-electron chi connectivity index (χ4n) is 3.62. The van der Waals surface area contributed by atoms with Gasteiger partial charge in [0.2, 0.25) is 5.91 Å². The number of hydrogen-bond acceptors (Lipinski definition) is 2. The van der Waals surface area contributed by atoms with E-state index in [4.69, 9.17) is 0 Å². The molecule has 2 N–H and O–H groups in total. The minimum Gasteiger partial charge on any atom is -0.350 e. The van der Waals surface area contributed by atoms with E-state index in [0.717, 1.165) is 16.7 Å². The van der Waals surface area contributed by atoms with Crippen molar-refractivity contribution in [2.24, 2.45) is 0 Å². The van der Waals surface area contributed by atoms with Crippen molar-refractivity contribution in [3.8, 4) is 0 Å². The van der Waals surface area contributed by atoms with Crippen molar-refractivity contribution < 1.29 is 9.59 Å². The van der Waals surface area contributed by atoms with Gasteiger partial charge >= 0.3 is 6.03 Å². The highest BCUT2D eigenvalue weighted by Crippen LogP contribution is 2.21. The minimum absolute atomic E-state index is 0.0810. The lowest BCUT2D eigenvalue weighted by Gasteiger charge is -2.30. The maximum Gasteiger partial charge on any atom is 0.318 e. The maximum absolute atomic E-state index is 13.1. The summed E-state index contributed by atoms with van der Waals surface area (Å²) in [6.07, 6.45) is 0.229. The van der Waals surface area contributed by atoms with Gasteiger partial charge in [-0.15, -0.1) is 0 Å². The second-order valence-corrected chi connectivity index (χ2v) is 7.87. The van der Waals surface area contributed by atoms with E-state index >= 15 is 0 Å². The molecule has 0 aliphatic carbocycles. The Morgan fingerprint density at radius 2 is 1.31 bits per heavy atom. The van der Waals surface area contributed by atoms with E-state index in [1.54, 1.807) is 4.90 Å². The third-order valence-corrected chi connectivity index (χ3v) is 5.55. The highest BCUT2D eigenvalue weighted by atomic mass is 16.2. The Bertz CT molecular complexity index is 978. The van der Waals surface area contributed by atoms with Crippen LogP contribution in [-0.4, -0.2) is 23.4 Å². The lowest BCUT2D eigenvalue weighted by Crippen LogP contribution is -2.43. The van der Waals surface area contributed by atoms with Crippen LogP contribution in [0.5, 0.6) is 0 Å². The molecular weight excluding hydrogens is 398 g/mol. The van der Waals surface area contributed by atoms with E-state index in [9.17, 15) is 9.59 Å². The van der Waals surface area contributed by atoms with Crippen molar-refractivity contribution in [3.63, 3.8) is 0 Å². The van der Waals surface area contributed by atoms with Gasteiger partial charge in [-0.1, -0.05) is 91.0 Å². The van der Waals surface area contributed by atoms with E-state index in [1.807, 2.05) is 105 Å². The van der Waals surface area contributed by atoms with Crippen LogP contribution >= 0.6 is 0 Å². The predicted octanol–water partition coefficient (Wildman–Crippen LogP) is 5.23. The zero-order valence-corrected chi connectivity index (χ0v) is 18.7. The van der Waals surface area contributed by atoms with Gasteiger partial charge < -0.3 is 15.5 Å². The molecule has 166 valence electrons. The van der Waals surface area contributed by atoms with E-state index in [2.05, 4.69) is 10.6 Å². The van der Waals surface area contributed by atoms with E-state index in [0.29, 0.717) is 13.1 Å². The summed E-state index contributed by atoms with van der Waals surface area (Å²) in [4.78, 5) is 27.4. The molecule has 0 saturated carbocycles. The second-order valence-electron chi connectivity index (χ2n) is 7.87. The Morgan fingerprint density at radius 3 is 1.91 bits per heavy atom. The van der Waals surface area contributed by atoms with Crippen molar-refractivity contribution in [2.45, 2.75) is 38.9 Å². The van der Waals surface area contributed by atoms with Crippen molar-refractivity contribution in [2.75, 3.05) is 6.54 Å². The largest absolute Gasteiger partial charge is 0.350 e. The Kier molecular flexibility index (Phi) is 8.44. The lowest BCUT2D eigenvalue weighted by atomic mass is 10.1. The van der Waals surface area contributed by atoms with Gasteiger partial charge in [0.05, 0.1) is 12.1 Å². The summed E-state index contributed by atoms with van der Waals surface area (Å²) in [5, 5.41) is 6.03. The van der Waals surface area contributed by atoms with Crippen LogP contribution in [0.1, 0.15) is 49.0 Å². The van der Waals surface area contributed by atoms with Gasteiger partial charge in [0, 0.05) is 19.5 Å². The summed E-state index contributed by atoms with van der Waals surface area (Å²) in [6.45, 7) is 4.71. The van der Waals surface area contributed by atoms with Crippen LogP contribution in [-0.2, 0) is 11.3 Å². The Balaban J connectivity index is 1.63. The van der Waals surface area contributed by atoms with Crippen LogP contribution in [0.15, 0.2) is 91.0 Å². The van der Waals surface area contributed by atoms with Crippen LogP contribution in [0.25, 0.3) is 0 Å². The smallest absolute Gasteiger partial charge is 0.318 e. The molecule has 0 radical (unpaired) electrons. The molecule has 0 spiro atoms. The van der Waals surface area contributed by atoms with E-state index in [-0.39, 0.29) is 30.4 Å². The number of rotatable bonds is 9. The first kappa shape index (κ1) is 23.1. The summed E-state index contributed by atoms with van der Waals surface area (Å²) in [5.41, 5.74) is 3.11. The van der Waals surface area contributed by atoms with Gasteiger partial charge in [-0.2, -0.15) is 0 Å². The number of benzene rings is 3. The average Bonchev–Trinajstić information content (AvgIpc) is 2.84. The van der Waals surface area contributed by atoms with Crippen molar-refractivity contribution in [1.82, 2.24) is 15.5 Å². The number of amides is 3. The van der Waals surface area contributed by atoms with E-state index < -0.39 is 0 Å². The zero-order valence-electron chi connectivity index (χ0n) is 18.7.